The van der Waals surface area contributed by atoms with E-state index in [9.17, 15) is 9.59 Å². The number of hydrogen-bond donors (Lipinski definition) is 1. The van der Waals surface area contributed by atoms with Crippen LogP contribution in [0.4, 0.5) is 0 Å². The Labute approximate surface area is 103 Å². The molecule has 2 rings (SSSR count). The van der Waals surface area contributed by atoms with Crippen molar-refractivity contribution >= 4 is 16.9 Å². The maximum Gasteiger partial charge on any atom is 0.344 e. The molecule has 18 heavy (non-hydrogen) atoms. The first-order valence-corrected chi connectivity index (χ1v) is 5.54. The first-order valence-electron chi connectivity index (χ1n) is 5.54. The Morgan fingerprint density at radius 3 is 2.83 bits per heavy atom. The molecule has 0 spiro atoms. The van der Waals surface area contributed by atoms with Crippen molar-refractivity contribution in [2.24, 2.45) is 0 Å². The van der Waals surface area contributed by atoms with E-state index in [-0.39, 0.29) is 0 Å². The van der Waals surface area contributed by atoms with Crippen LogP contribution in [-0.2, 0) is 4.79 Å². The van der Waals surface area contributed by atoms with Crippen molar-refractivity contribution in [2.75, 3.05) is 0 Å². The topological polar surface area (TPSA) is 76.7 Å². The smallest absolute Gasteiger partial charge is 0.344 e. The lowest BCUT2D eigenvalue weighted by Gasteiger charge is -2.14. The van der Waals surface area contributed by atoms with Gasteiger partial charge in [0.15, 0.2) is 6.10 Å². The van der Waals surface area contributed by atoms with Crippen LogP contribution in [-0.4, -0.2) is 17.2 Å². The maximum atomic E-state index is 11.1. The zero-order chi connectivity index (χ0) is 13.1. The van der Waals surface area contributed by atoms with Crippen molar-refractivity contribution in [1.29, 1.82) is 0 Å². The molecule has 0 fully saturated rings. The van der Waals surface area contributed by atoms with E-state index in [0.29, 0.717) is 23.1 Å². The van der Waals surface area contributed by atoms with Crippen molar-refractivity contribution in [3.8, 4) is 5.75 Å². The zero-order valence-corrected chi connectivity index (χ0v) is 9.75. The molecule has 1 unspecified atom stereocenters. The lowest BCUT2D eigenvalue weighted by atomic mass is 10.2. The largest absolute Gasteiger partial charge is 0.479 e. The highest BCUT2D eigenvalue weighted by Crippen LogP contribution is 2.25. The predicted octanol–water partition coefficient (Wildman–Crippen LogP) is 2.03. The average Bonchev–Trinajstić information content (AvgIpc) is 2.35. The molecule has 1 atom stereocenters. The Morgan fingerprint density at radius 2 is 2.17 bits per heavy atom. The number of rotatable bonds is 4. The highest BCUT2D eigenvalue weighted by atomic mass is 16.5. The van der Waals surface area contributed by atoms with Gasteiger partial charge in [0.05, 0.1) is 5.39 Å². The van der Waals surface area contributed by atoms with Crippen molar-refractivity contribution in [3.63, 3.8) is 0 Å². The van der Waals surface area contributed by atoms with Gasteiger partial charge in [-0.15, -0.1) is 0 Å². The number of ether oxygens (including phenoxy) is 1. The van der Waals surface area contributed by atoms with E-state index in [0.717, 1.165) is 0 Å². The summed E-state index contributed by atoms with van der Waals surface area (Å²) in [6.45, 7) is 1.73. The number of carbonyl (C=O) groups is 1. The summed E-state index contributed by atoms with van der Waals surface area (Å²) >= 11 is 0. The first kappa shape index (κ1) is 12.2. The standard InChI is InChI=1S/C13H12O5/c1-2-9(13(15)16)17-10-4-3-5-11-8(10)6-7-12(14)18-11/h3-7,9H,2H2,1H3,(H,15,16). The van der Waals surface area contributed by atoms with E-state index >= 15 is 0 Å². The van der Waals surface area contributed by atoms with Gasteiger partial charge in [-0.25, -0.2) is 9.59 Å². The van der Waals surface area contributed by atoms with Gasteiger partial charge in [0.2, 0.25) is 0 Å². The van der Waals surface area contributed by atoms with Gasteiger partial charge in [-0.3, -0.25) is 0 Å². The molecule has 0 saturated heterocycles. The van der Waals surface area contributed by atoms with Crippen LogP contribution in [0.15, 0.2) is 39.5 Å². The summed E-state index contributed by atoms with van der Waals surface area (Å²) in [5.41, 5.74) is -0.0785. The third kappa shape index (κ3) is 2.34. The summed E-state index contributed by atoms with van der Waals surface area (Å²) in [6, 6.07) is 7.76. The zero-order valence-electron chi connectivity index (χ0n) is 9.75. The summed E-state index contributed by atoms with van der Waals surface area (Å²) in [5, 5.41) is 9.53. The molecule has 0 amide bonds. The fraction of sp³-hybridized carbons (Fsp3) is 0.231. The van der Waals surface area contributed by atoms with Crippen molar-refractivity contribution in [1.82, 2.24) is 0 Å². The number of benzene rings is 1. The summed E-state index contributed by atoms with van der Waals surface area (Å²) in [5.74, 6) is -0.627. The predicted molar refractivity (Wildman–Crippen MR) is 64.8 cm³/mol. The maximum absolute atomic E-state index is 11.1. The molecule has 1 heterocycles. The van der Waals surface area contributed by atoms with Gasteiger partial charge in [0.25, 0.3) is 0 Å². The molecular weight excluding hydrogens is 236 g/mol. The van der Waals surface area contributed by atoms with Gasteiger partial charge < -0.3 is 14.3 Å². The number of carboxylic acids is 1. The fourth-order valence-electron chi connectivity index (χ4n) is 1.64. The summed E-state index contributed by atoms with van der Waals surface area (Å²) in [6.07, 6.45) is -0.565. The second-order valence-corrected chi connectivity index (χ2v) is 3.78. The molecule has 0 aliphatic rings. The first-order chi connectivity index (χ1) is 8.61. The number of hydrogen-bond acceptors (Lipinski definition) is 4. The fourth-order valence-corrected chi connectivity index (χ4v) is 1.64. The normalized spacial score (nSPS) is 12.3. The molecule has 5 nitrogen and oxygen atoms in total. The monoisotopic (exact) mass is 248 g/mol. The molecular formula is C13H12O5. The van der Waals surface area contributed by atoms with Crippen LogP contribution in [0, 0.1) is 0 Å². The summed E-state index contributed by atoms with van der Waals surface area (Å²) in [4.78, 5) is 22.0. The van der Waals surface area contributed by atoms with E-state index < -0.39 is 17.7 Å². The Hall–Kier alpha value is -2.30. The number of fused-ring (bicyclic) bond motifs is 1. The number of aliphatic carboxylic acids is 1. The van der Waals surface area contributed by atoms with Crippen molar-refractivity contribution < 1.29 is 19.1 Å². The Morgan fingerprint density at radius 1 is 1.39 bits per heavy atom. The molecule has 2 aromatic rings. The molecule has 0 bridgehead atoms. The Balaban J connectivity index is 2.45. The van der Waals surface area contributed by atoms with Crippen molar-refractivity contribution in [2.45, 2.75) is 19.4 Å². The van der Waals surface area contributed by atoms with Gasteiger partial charge in [-0.05, 0) is 24.6 Å². The van der Waals surface area contributed by atoms with Crippen LogP contribution < -0.4 is 10.4 Å². The van der Waals surface area contributed by atoms with E-state index in [1.54, 1.807) is 31.2 Å². The van der Waals surface area contributed by atoms with Crippen LogP contribution in [0.2, 0.25) is 0 Å². The lowest BCUT2D eigenvalue weighted by Crippen LogP contribution is -2.26. The minimum absolute atomic E-state index is 0.350. The van der Waals surface area contributed by atoms with Gasteiger partial charge >= 0.3 is 11.6 Å². The van der Waals surface area contributed by atoms with Gasteiger partial charge in [0, 0.05) is 6.07 Å². The van der Waals surface area contributed by atoms with E-state index in [4.69, 9.17) is 14.3 Å². The summed E-state index contributed by atoms with van der Waals surface area (Å²) < 4.78 is 10.4. The van der Waals surface area contributed by atoms with E-state index in [2.05, 4.69) is 0 Å². The molecule has 5 heteroatoms. The second-order valence-electron chi connectivity index (χ2n) is 3.78. The second kappa shape index (κ2) is 4.91. The average molecular weight is 248 g/mol. The highest BCUT2D eigenvalue weighted by molar-refractivity contribution is 5.84. The van der Waals surface area contributed by atoms with E-state index in [1.807, 2.05) is 0 Å². The van der Waals surface area contributed by atoms with Gasteiger partial charge in [-0.1, -0.05) is 13.0 Å². The minimum atomic E-state index is -1.02. The summed E-state index contributed by atoms with van der Waals surface area (Å²) in [7, 11) is 0. The Bertz CT molecular complexity index is 629. The molecule has 0 aliphatic carbocycles. The number of carboxylic acid groups (broad SMARTS) is 1. The molecule has 0 aliphatic heterocycles. The molecule has 0 radical (unpaired) electrons. The van der Waals surface area contributed by atoms with Crippen LogP contribution in [0.5, 0.6) is 5.75 Å². The molecule has 1 N–H and O–H groups in total. The van der Waals surface area contributed by atoms with Crippen LogP contribution in [0.1, 0.15) is 13.3 Å². The quantitative estimate of drug-likeness (QED) is 0.838. The van der Waals surface area contributed by atoms with Crippen LogP contribution in [0.25, 0.3) is 11.0 Å². The molecule has 0 saturated carbocycles. The molecule has 1 aromatic carbocycles. The van der Waals surface area contributed by atoms with Gasteiger partial charge in [-0.2, -0.15) is 0 Å². The lowest BCUT2D eigenvalue weighted by molar-refractivity contribution is -0.145. The van der Waals surface area contributed by atoms with E-state index in [1.165, 1.54) is 6.07 Å². The Kier molecular flexibility index (Phi) is 3.32. The SMILES string of the molecule is CCC(Oc1cccc2oc(=O)ccc12)C(=O)O. The minimum Gasteiger partial charge on any atom is -0.479 e. The van der Waals surface area contributed by atoms with Crippen LogP contribution in [0.3, 0.4) is 0 Å². The van der Waals surface area contributed by atoms with Crippen LogP contribution >= 0.6 is 0 Å². The van der Waals surface area contributed by atoms with Crippen molar-refractivity contribution in [3.05, 3.63) is 40.8 Å². The highest BCUT2D eigenvalue weighted by Gasteiger charge is 2.18. The third-order valence-electron chi connectivity index (χ3n) is 2.54. The molecule has 94 valence electrons. The third-order valence-corrected chi connectivity index (χ3v) is 2.54. The molecule has 1 aromatic heterocycles. The van der Waals surface area contributed by atoms with Gasteiger partial charge in [0.1, 0.15) is 11.3 Å².